The Kier molecular flexibility index (Phi) is 2.98. The third-order valence-corrected chi connectivity index (χ3v) is 2.72. The van der Waals surface area contributed by atoms with E-state index in [0.717, 1.165) is 18.5 Å². The van der Waals surface area contributed by atoms with Crippen molar-refractivity contribution in [3.05, 3.63) is 17.3 Å². The summed E-state index contributed by atoms with van der Waals surface area (Å²) in [5, 5.41) is 0. The van der Waals surface area contributed by atoms with Crippen LogP contribution in [0.3, 0.4) is 0 Å². The minimum Gasteiger partial charge on any atom is -0.460 e. The van der Waals surface area contributed by atoms with Crippen molar-refractivity contribution in [2.75, 3.05) is 6.61 Å². The Morgan fingerprint density at radius 1 is 1.47 bits per heavy atom. The quantitative estimate of drug-likeness (QED) is 0.758. The van der Waals surface area contributed by atoms with Gasteiger partial charge in [-0.15, -0.1) is 0 Å². The molecule has 0 aliphatic heterocycles. The van der Waals surface area contributed by atoms with Gasteiger partial charge in [0.25, 0.3) is 0 Å². The molecule has 0 spiro atoms. The van der Waals surface area contributed by atoms with Crippen molar-refractivity contribution >= 4 is 5.97 Å². The Bertz CT molecular complexity index is 424. The SMILES string of the molecule is CCOC(=O)c1oc(C(C)(C)C)nc1C1CC1. The summed E-state index contributed by atoms with van der Waals surface area (Å²) in [6.45, 7) is 8.20. The molecule has 1 aromatic rings. The van der Waals surface area contributed by atoms with Crippen LogP contribution in [-0.4, -0.2) is 17.6 Å². The summed E-state index contributed by atoms with van der Waals surface area (Å²) in [6.07, 6.45) is 2.17. The average molecular weight is 237 g/mol. The number of hydrogen-bond donors (Lipinski definition) is 0. The van der Waals surface area contributed by atoms with Crippen LogP contribution < -0.4 is 0 Å². The van der Waals surface area contributed by atoms with Crippen molar-refractivity contribution in [2.45, 2.75) is 51.9 Å². The van der Waals surface area contributed by atoms with Crippen molar-refractivity contribution < 1.29 is 13.9 Å². The molecule has 1 aromatic heterocycles. The summed E-state index contributed by atoms with van der Waals surface area (Å²) in [7, 11) is 0. The summed E-state index contributed by atoms with van der Waals surface area (Å²) >= 11 is 0. The van der Waals surface area contributed by atoms with Gasteiger partial charge in [0.05, 0.1) is 12.3 Å². The maximum absolute atomic E-state index is 11.8. The Morgan fingerprint density at radius 2 is 2.12 bits per heavy atom. The van der Waals surface area contributed by atoms with Crippen LogP contribution in [0.25, 0.3) is 0 Å². The molecule has 0 saturated heterocycles. The fourth-order valence-electron chi connectivity index (χ4n) is 1.63. The topological polar surface area (TPSA) is 52.3 Å². The Morgan fingerprint density at radius 3 is 2.59 bits per heavy atom. The molecule has 4 heteroatoms. The number of esters is 1. The molecular weight excluding hydrogens is 218 g/mol. The lowest BCUT2D eigenvalue weighted by molar-refractivity contribution is 0.0484. The molecule has 1 fully saturated rings. The zero-order chi connectivity index (χ0) is 12.6. The third-order valence-electron chi connectivity index (χ3n) is 2.72. The minimum absolute atomic E-state index is 0.186. The van der Waals surface area contributed by atoms with Crippen LogP contribution in [0.1, 0.15) is 68.6 Å². The van der Waals surface area contributed by atoms with E-state index in [1.807, 2.05) is 20.8 Å². The lowest BCUT2D eigenvalue weighted by atomic mass is 9.97. The molecule has 94 valence electrons. The molecule has 0 N–H and O–H groups in total. The molecule has 0 bridgehead atoms. The molecule has 17 heavy (non-hydrogen) atoms. The standard InChI is InChI=1S/C13H19NO3/c1-5-16-11(15)10-9(8-6-7-8)14-12(17-10)13(2,3)4/h8H,5-7H2,1-4H3. The second-order valence-electron chi connectivity index (χ2n) is 5.48. The molecule has 0 unspecified atom stereocenters. The van der Waals surface area contributed by atoms with Crippen molar-refractivity contribution in [1.82, 2.24) is 4.98 Å². The first-order valence-electron chi connectivity index (χ1n) is 6.11. The van der Waals surface area contributed by atoms with Crippen molar-refractivity contribution in [1.29, 1.82) is 0 Å². The molecule has 1 saturated carbocycles. The van der Waals surface area contributed by atoms with E-state index >= 15 is 0 Å². The van der Waals surface area contributed by atoms with Gasteiger partial charge in [0.15, 0.2) is 0 Å². The first kappa shape index (κ1) is 12.1. The van der Waals surface area contributed by atoms with Crippen molar-refractivity contribution in [2.24, 2.45) is 0 Å². The second-order valence-corrected chi connectivity index (χ2v) is 5.48. The Labute approximate surface area is 101 Å². The van der Waals surface area contributed by atoms with Gasteiger partial charge in [0.2, 0.25) is 11.7 Å². The lowest BCUT2D eigenvalue weighted by Crippen LogP contribution is -2.11. The predicted octanol–water partition coefficient (Wildman–Crippen LogP) is 3.03. The summed E-state index contributed by atoms with van der Waals surface area (Å²) in [5.74, 6) is 0.911. The Hall–Kier alpha value is -1.32. The molecule has 0 aromatic carbocycles. The van der Waals surface area contributed by atoms with Crippen LogP contribution in [0.4, 0.5) is 0 Å². The summed E-state index contributed by atoms with van der Waals surface area (Å²) < 4.78 is 10.6. The number of carbonyl (C=O) groups is 1. The van der Waals surface area contributed by atoms with Crippen LogP contribution >= 0.6 is 0 Å². The fraction of sp³-hybridized carbons (Fsp3) is 0.692. The number of carbonyl (C=O) groups excluding carboxylic acids is 1. The highest BCUT2D eigenvalue weighted by atomic mass is 16.5. The Balaban J connectivity index is 2.35. The minimum atomic E-state index is -0.391. The van der Waals surface area contributed by atoms with Crippen LogP contribution in [0, 0.1) is 0 Å². The molecule has 1 aliphatic rings. The maximum atomic E-state index is 11.8. The molecule has 0 atom stereocenters. The van der Waals surface area contributed by atoms with E-state index in [1.165, 1.54) is 0 Å². The van der Waals surface area contributed by atoms with Crippen LogP contribution in [0.5, 0.6) is 0 Å². The number of ether oxygens (including phenoxy) is 1. The highest BCUT2D eigenvalue weighted by Gasteiger charge is 2.36. The summed E-state index contributed by atoms with van der Waals surface area (Å²) in [6, 6.07) is 0. The smallest absolute Gasteiger partial charge is 0.376 e. The second kappa shape index (κ2) is 4.17. The van der Waals surface area contributed by atoms with E-state index < -0.39 is 5.97 Å². The molecule has 0 amide bonds. The molecule has 4 nitrogen and oxygen atoms in total. The monoisotopic (exact) mass is 237 g/mol. The van der Waals surface area contributed by atoms with Crippen molar-refractivity contribution in [3.63, 3.8) is 0 Å². The van der Waals surface area contributed by atoms with E-state index in [9.17, 15) is 4.79 Å². The third kappa shape index (κ3) is 2.51. The van der Waals surface area contributed by atoms with Crippen LogP contribution in [0.2, 0.25) is 0 Å². The molecule has 2 rings (SSSR count). The van der Waals surface area contributed by atoms with Gasteiger partial charge in [-0.3, -0.25) is 0 Å². The number of hydrogen-bond acceptors (Lipinski definition) is 4. The van der Waals surface area contributed by atoms with E-state index in [4.69, 9.17) is 9.15 Å². The van der Waals surface area contributed by atoms with E-state index in [1.54, 1.807) is 6.92 Å². The number of oxazole rings is 1. The van der Waals surface area contributed by atoms with Gasteiger partial charge in [-0.1, -0.05) is 20.8 Å². The van der Waals surface area contributed by atoms with Crippen LogP contribution in [0.15, 0.2) is 4.42 Å². The van der Waals surface area contributed by atoms with Gasteiger partial charge in [-0.05, 0) is 19.8 Å². The zero-order valence-corrected chi connectivity index (χ0v) is 10.9. The molecule has 1 aliphatic carbocycles. The van der Waals surface area contributed by atoms with Gasteiger partial charge in [-0.25, -0.2) is 9.78 Å². The van der Waals surface area contributed by atoms with E-state index in [-0.39, 0.29) is 5.41 Å². The largest absolute Gasteiger partial charge is 0.460 e. The van der Waals surface area contributed by atoms with Gasteiger partial charge < -0.3 is 9.15 Å². The maximum Gasteiger partial charge on any atom is 0.376 e. The molecule has 1 heterocycles. The van der Waals surface area contributed by atoms with Gasteiger partial charge >= 0.3 is 5.97 Å². The predicted molar refractivity (Wildman–Crippen MR) is 63.1 cm³/mol. The number of nitrogens with zero attached hydrogens (tertiary/aromatic N) is 1. The van der Waals surface area contributed by atoms with Gasteiger partial charge in [-0.2, -0.15) is 0 Å². The van der Waals surface area contributed by atoms with Crippen LogP contribution in [-0.2, 0) is 10.2 Å². The molecule has 0 radical (unpaired) electrons. The average Bonchev–Trinajstić information content (AvgIpc) is 2.95. The number of rotatable bonds is 3. The van der Waals surface area contributed by atoms with Gasteiger partial charge in [0.1, 0.15) is 0 Å². The lowest BCUT2D eigenvalue weighted by Gasteiger charge is -2.11. The first-order chi connectivity index (χ1) is 7.93. The highest BCUT2D eigenvalue weighted by molar-refractivity contribution is 5.87. The van der Waals surface area contributed by atoms with E-state index in [0.29, 0.717) is 24.2 Å². The normalized spacial score (nSPS) is 16.0. The first-order valence-corrected chi connectivity index (χ1v) is 6.11. The number of aromatic nitrogens is 1. The molecular formula is C13H19NO3. The van der Waals surface area contributed by atoms with Crippen molar-refractivity contribution in [3.8, 4) is 0 Å². The zero-order valence-electron chi connectivity index (χ0n) is 10.9. The highest BCUT2D eigenvalue weighted by Crippen LogP contribution is 2.42. The van der Waals surface area contributed by atoms with Gasteiger partial charge in [0, 0.05) is 11.3 Å². The fourth-order valence-corrected chi connectivity index (χ4v) is 1.63. The summed E-state index contributed by atoms with van der Waals surface area (Å²) in [4.78, 5) is 16.3. The summed E-state index contributed by atoms with van der Waals surface area (Å²) in [5.41, 5.74) is 0.599. The van der Waals surface area contributed by atoms with E-state index in [2.05, 4.69) is 4.98 Å².